The van der Waals surface area contributed by atoms with Crippen molar-refractivity contribution in [2.45, 2.75) is 19.9 Å². The van der Waals surface area contributed by atoms with Crippen LogP contribution in [0.1, 0.15) is 15.4 Å². The summed E-state index contributed by atoms with van der Waals surface area (Å²) in [5.41, 5.74) is 0.982. The summed E-state index contributed by atoms with van der Waals surface area (Å²) in [5, 5.41) is 0. The van der Waals surface area contributed by atoms with Gasteiger partial charge in [-0.05, 0) is 31.3 Å². The van der Waals surface area contributed by atoms with Crippen LogP contribution in [-0.2, 0) is 17.8 Å². The smallest absolute Gasteiger partial charge is 0.227 e. The fourth-order valence-electron chi connectivity index (χ4n) is 1.64. The third kappa shape index (κ3) is 3.89. The summed E-state index contributed by atoms with van der Waals surface area (Å²) in [6.45, 7) is 2.53. The molecule has 2 heterocycles. The Morgan fingerprint density at radius 1 is 1.47 bits per heavy atom. The molecule has 19 heavy (non-hydrogen) atoms. The van der Waals surface area contributed by atoms with Crippen molar-refractivity contribution in [1.29, 1.82) is 0 Å². The number of thiophene rings is 1. The number of aromatic amines is 1. The second-order valence-electron chi connectivity index (χ2n) is 4.20. The van der Waals surface area contributed by atoms with Crippen molar-refractivity contribution in [3.05, 3.63) is 35.9 Å². The minimum atomic E-state index is 0.0814. The molecule has 0 spiro atoms. The Hall–Kier alpha value is -0.690. The number of aromatic nitrogens is 1. The van der Waals surface area contributed by atoms with Gasteiger partial charge in [0.15, 0.2) is 3.95 Å². The largest absolute Gasteiger partial charge is 0.341 e. The van der Waals surface area contributed by atoms with Gasteiger partial charge < -0.3 is 9.88 Å². The molecule has 0 aromatic carbocycles. The Balaban J connectivity index is 1.99. The summed E-state index contributed by atoms with van der Waals surface area (Å²) in [6.07, 6.45) is 0.388. The fraction of sp³-hybridized carbons (Fsp3) is 0.333. The van der Waals surface area contributed by atoms with Crippen molar-refractivity contribution >= 4 is 52.4 Å². The molecule has 0 saturated heterocycles. The Kier molecular flexibility index (Phi) is 4.78. The number of carbonyl (C=O) groups is 1. The zero-order valence-electron chi connectivity index (χ0n) is 10.5. The van der Waals surface area contributed by atoms with Gasteiger partial charge in [-0.25, -0.2) is 0 Å². The molecule has 0 atom stereocenters. The predicted octanol–water partition coefficient (Wildman–Crippen LogP) is 4.03. The highest BCUT2D eigenvalue weighted by molar-refractivity contribution is 7.73. The fourth-order valence-corrected chi connectivity index (χ4v) is 4.06. The molecular weight excluding hydrogens is 320 g/mol. The van der Waals surface area contributed by atoms with Crippen LogP contribution in [0.25, 0.3) is 0 Å². The summed E-state index contributed by atoms with van der Waals surface area (Å²) < 4.78 is 1.46. The van der Waals surface area contributed by atoms with Gasteiger partial charge in [0, 0.05) is 22.5 Å². The van der Waals surface area contributed by atoms with E-state index in [9.17, 15) is 4.79 Å². The number of hydrogen-bond acceptors (Lipinski definition) is 4. The van der Waals surface area contributed by atoms with Crippen LogP contribution in [0, 0.1) is 10.9 Å². The second kappa shape index (κ2) is 6.17. The molecule has 0 radical (unpaired) electrons. The van der Waals surface area contributed by atoms with E-state index >= 15 is 0 Å². The highest BCUT2D eigenvalue weighted by atomic mass is 35.5. The highest BCUT2D eigenvalue weighted by Gasteiger charge is 2.14. The predicted molar refractivity (Wildman–Crippen MR) is 83.7 cm³/mol. The minimum Gasteiger partial charge on any atom is -0.341 e. The molecule has 0 aliphatic heterocycles. The number of nitrogens with zero attached hydrogens (tertiary/aromatic N) is 1. The molecule has 7 heteroatoms. The van der Waals surface area contributed by atoms with Crippen molar-refractivity contribution in [3.8, 4) is 0 Å². The Morgan fingerprint density at radius 2 is 2.21 bits per heavy atom. The number of aryl methyl sites for hydroxylation is 1. The van der Waals surface area contributed by atoms with Gasteiger partial charge >= 0.3 is 0 Å². The van der Waals surface area contributed by atoms with Gasteiger partial charge in [0.05, 0.1) is 17.3 Å². The van der Waals surface area contributed by atoms with Crippen LogP contribution in [0.15, 0.2) is 12.1 Å². The molecule has 0 aliphatic rings. The number of halogens is 1. The zero-order chi connectivity index (χ0) is 14.0. The lowest BCUT2D eigenvalue weighted by molar-refractivity contribution is -0.129. The Labute approximate surface area is 129 Å². The van der Waals surface area contributed by atoms with Crippen LogP contribution in [0.2, 0.25) is 4.34 Å². The average Bonchev–Trinajstić information content (AvgIpc) is 2.85. The SMILES string of the molecule is Cc1[nH]c(=S)sc1CC(=O)N(C)Cc1ccc(Cl)s1. The maximum absolute atomic E-state index is 12.1. The first-order valence-electron chi connectivity index (χ1n) is 5.62. The van der Waals surface area contributed by atoms with Crippen molar-refractivity contribution in [2.24, 2.45) is 0 Å². The van der Waals surface area contributed by atoms with E-state index in [4.69, 9.17) is 23.8 Å². The summed E-state index contributed by atoms with van der Waals surface area (Å²) >= 11 is 13.9. The van der Waals surface area contributed by atoms with Gasteiger partial charge in [-0.2, -0.15) is 0 Å². The van der Waals surface area contributed by atoms with E-state index in [-0.39, 0.29) is 5.91 Å². The maximum atomic E-state index is 12.1. The molecule has 1 amide bonds. The van der Waals surface area contributed by atoms with Crippen LogP contribution >= 0.6 is 46.5 Å². The van der Waals surface area contributed by atoms with E-state index in [0.29, 0.717) is 16.9 Å². The second-order valence-corrected chi connectivity index (χ2v) is 7.77. The molecule has 0 unspecified atom stereocenters. The third-order valence-corrected chi connectivity index (χ3v) is 5.24. The van der Waals surface area contributed by atoms with Crippen LogP contribution in [0.5, 0.6) is 0 Å². The molecule has 0 fully saturated rings. The van der Waals surface area contributed by atoms with Crippen LogP contribution in [0.4, 0.5) is 0 Å². The molecule has 0 aliphatic carbocycles. The molecular formula is C12H13ClN2OS3. The van der Waals surface area contributed by atoms with Crippen molar-refractivity contribution in [1.82, 2.24) is 9.88 Å². The number of likely N-dealkylation sites (N-methyl/N-ethyl adjacent to an activating group) is 1. The molecule has 102 valence electrons. The van der Waals surface area contributed by atoms with E-state index in [0.717, 1.165) is 19.8 Å². The standard InChI is InChI=1S/C12H13ClN2OS3/c1-7-9(19-12(17)14-7)5-11(16)15(2)6-8-3-4-10(13)18-8/h3-4H,5-6H2,1-2H3,(H,14,17). The van der Waals surface area contributed by atoms with Gasteiger partial charge in [-0.15, -0.1) is 22.7 Å². The van der Waals surface area contributed by atoms with E-state index in [1.54, 1.807) is 11.9 Å². The number of carbonyl (C=O) groups excluding carboxylic acids is 1. The normalized spacial score (nSPS) is 10.7. The summed E-state index contributed by atoms with van der Waals surface area (Å²) in [4.78, 5) is 19.0. The first-order chi connectivity index (χ1) is 8.95. The first kappa shape index (κ1) is 14.7. The topological polar surface area (TPSA) is 36.1 Å². The minimum absolute atomic E-state index is 0.0814. The Morgan fingerprint density at radius 3 is 2.74 bits per heavy atom. The number of hydrogen-bond donors (Lipinski definition) is 1. The van der Waals surface area contributed by atoms with Gasteiger partial charge in [0.1, 0.15) is 0 Å². The molecule has 1 N–H and O–H groups in total. The molecule has 2 aromatic rings. The van der Waals surface area contributed by atoms with Gasteiger partial charge in [0.25, 0.3) is 0 Å². The number of H-pyrrole nitrogens is 1. The number of amides is 1. The van der Waals surface area contributed by atoms with Crippen molar-refractivity contribution in [2.75, 3.05) is 7.05 Å². The lowest BCUT2D eigenvalue weighted by atomic mass is 10.2. The monoisotopic (exact) mass is 332 g/mol. The van der Waals surface area contributed by atoms with E-state index in [1.165, 1.54) is 22.7 Å². The van der Waals surface area contributed by atoms with Crippen LogP contribution < -0.4 is 0 Å². The van der Waals surface area contributed by atoms with Crippen LogP contribution in [0.3, 0.4) is 0 Å². The van der Waals surface area contributed by atoms with Gasteiger partial charge in [-0.3, -0.25) is 4.79 Å². The van der Waals surface area contributed by atoms with Crippen LogP contribution in [-0.4, -0.2) is 22.8 Å². The maximum Gasteiger partial charge on any atom is 0.227 e. The molecule has 0 bridgehead atoms. The summed E-state index contributed by atoms with van der Waals surface area (Å²) in [6, 6.07) is 3.80. The highest BCUT2D eigenvalue weighted by Crippen LogP contribution is 2.23. The molecule has 2 aromatic heterocycles. The third-order valence-electron chi connectivity index (χ3n) is 2.68. The van der Waals surface area contributed by atoms with E-state index < -0.39 is 0 Å². The number of nitrogens with one attached hydrogen (secondary N) is 1. The number of thiazole rings is 1. The molecule has 2 rings (SSSR count). The van der Waals surface area contributed by atoms with Gasteiger partial charge in [-0.1, -0.05) is 11.6 Å². The quantitative estimate of drug-likeness (QED) is 0.858. The average molecular weight is 333 g/mol. The zero-order valence-corrected chi connectivity index (χ0v) is 13.7. The van der Waals surface area contributed by atoms with Crippen molar-refractivity contribution in [3.63, 3.8) is 0 Å². The lowest BCUT2D eigenvalue weighted by Crippen LogP contribution is -2.27. The number of rotatable bonds is 4. The Bertz CT molecular complexity index is 643. The van der Waals surface area contributed by atoms with Gasteiger partial charge in [0.2, 0.25) is 5.91 Å². The lowest BCUT2D eigenvalue weighted by Gasteiger charge is -2.15. The van der Waals surface area contributed by atoms with E-state index in [2.05, 4.69) is 4.98 Å². The van der Waals surface area contributed by atoms with Crippen molar-refractivity contribution < 1.29 is 4.79 Å². The summed E-state index contributed by atoms with van der Waals surface area (Å²) in [5.74, 6) is 0.0814. The first-order valence-corrected chi connectivity index (χ1v) is 8.04. The van der Waals surface area contributed by atoms with E-state index in [1.807, 2.05) is 19.1 Å². The molecule has 3 nitrogen and oxygen atoms in total. The summed E-state index contributed by atoms with van der Waals surface area (Å²) in [7, 11) is 1.80. The molecule has 0 saturated carbocycles.